The number of nitrogens with two attached hydrogens (primary N) is 1. The van der Waals surface area contributed by atoms with Gasteiger partial charge in [-0.1, -0.05) is 6.07 Å². The quantitative estimate of drug-likeness (QED) is 0.674. The Hall–Kier alpha value is -1.20. The van der Waals surface area contributed by atoms with Crippen LogP contribution in [0, 0.1) is 0 Å². The Bertz CT molecular complexity index is 368. The molecule has 0 spiro atoms. The summed E-state index contributed by atoms with van der Waals surface area (Å²) < 4.78 is 0. The van der Waals surface area contributed by atoms with Crippen molar-refractivity contribution in [2.45, 2.75) is 10.8 Å². The lowest BCUT2D eigenvalue weighted by molar-refractivity contribution is -0.138. The molecule has 1 aromatic carbocycles. The van der Waals surface area contributed by atoms with E-state index in [1.165, 1.54) is 11.8 Å². The molecule has 0 amide bonds. The molecule has 0 aliphatic rings. The van der Waals surface area contributed by atoms with Crippen LogP contribution in [0.2, 0.25) is 0 Å². The molecule has 4 nitrogen and oxygen atoms in total. The highest BCUT2D eigenvalue weighted by Crippen LogP contribution is 2.29. The SMILES string of the molecule is CSc1ccc(C(CN)C(=O)O)c(O)c1. The molecular weight excluding hydrogens is 214 g/mol. The van der Waals surface area contributed by atoms with Gasteiger partial charge in [0.2, 0.25) is 0 Å². The van der Waals surface area contributed by atoms with Crippen LogP contribution in [0.1, 0.15) is 11.5 Å². The molecule has 0 aliphatic carbocycles. The van der Waals surface area contributed by atoms with Crippen LogP contribution in [-0.4, -0.2) is 29.0 Å². The molecule has 1 unspecified atom stereocenters. The number of hydrogen-bond acceptors (Lipinski definition) is 4. The lowest BCUT2D eigenvalue weighted by Crippen LogP contribution is -2.21. The van der Waals surface area contributed by atoms with Crippen LogP contribution in [0.25, 0.3) is 0 Å². The molecule has 0 radical (unpaired) electrons. The lowest BCUT2D eigenvalue weighted by Gasteiger charge is -2.12. The Balaban J connectivity index is 3.08. The first-order chi connectivity index (χ1) is 7.10. The van der Waals surface area contributed by atoms with Crippen molar-refractivity contribution in [3.05, 3.63) is 23.8 Å². The largest absolute Gasteiger partial charge is 0.508 e. The molecule has 5 heteroatoms. The number of thioether (sulfide) groups is 1. The summed E-state index contributed by atoms with van der Waals surface area (Å²) in [5.74, 6) is -1.88. The van der Waals surface area contributed by atoms with E-state index in [0.29, 0.717) is 5.56 Å². The monoisotopic (exact) mass is 227 g/mol. The van der Waals surface area contributed by atoms with E-state index in [1.54, 1.807) is 18.2 Å². The third-order valence-corrected chi connectivity index (χ3v) is 2.87. The molecule has 0 aromatic heterocycles. The summed E-state index contributed by atoms with van der Waals surface area (Å²) in [5, 5.41) is 18.5. The molecule has 4 N–H and O–H groups in total. The summed E-state index contributed by atoms with van der Waals surface area (Å²) in [5.41, 5.74) is 5.71. The number of rotatable bonds is 4. The van der Waals surface area contributed by atoms with Crippen LogP contribution in [0.15, 0.2) is 23.1 Å². The number of hydrogen-bond donors (Lipinski definition) is 3. The zero-order valence-electron chi connectivity index (χ0n) is 8.30. The van der Waals surface area contributed by atoms with Gasteiger partial charge in [-0.3, -0.25) is 4.79 Å². The van der Waals surface area contributed by atoms with E-state index in [-0.39, 0.29) is 12.3 Å². The molecule has 0 fully saturated rings. The number of carbonyl (C=O) groups is 1. The van der Waals surface area contributed by atoms with Gasteiger partial charge in [0.15, 0.2) is 0 Å². The zero-order chi connectivity index (χ0) is 11.4. The Kier molecular flexibility index (Phi) is 3.99. The van der Waals surface area contributed by atoms with Crippen molar-refractivity contribution in [2.24, 2.45) is 5.73 Å². The maximum Gasteiger partial charge on any atom is 0.312 e. The Morgan fingerprint density at radius 1 is 1.60 bits per heavy atom. The van der Waals surface area contributed by atoms with Gasteiger partial charge in [-0.25, -0.2) is 0 Å². The van der Waals surface area contributed by atoms with Crippen molar-refractivity contribution in [3.8, 4) is 5.75 Å². The van der Waals surface area contributed by atoms with E-state index in [1.807, 2.05) is 6.26 Å². The van der Waals surface area contributed by atoms with Crippen molar-refractivity contribution >= 4 is 17.7 Å². The molecule has 15 heavy (non-hydrogen) atoms. The van der Waals surface area contributed by atoms with E-state index < -0.39 is 11.9 Å². The zero-order valence-corrected chi connectivity index (χ0v) is 9.12. The molecule has 0 saturated heterocycles. The average molecular weight is 227 g/mol. The first-order valence-corrected chi connectivity index (χ1v) is 5.62. The highest BCUT2D eigenvalue weighted by molar-refractivity contribution is 7.98. The molecule has 0 saturated carbocycles. The second-order valence-electron chi connectivity index (χ2n) is 3.05. The third kappa shape index (κ3) is 2.64. The summed E-state index contributed by atoms with van der Waals surface area (Å²) >= 11 is 1.48. The van der Waals surface area contributed by atoms with Crippen molar-refractivity contribution in [2.75, 3.05) is 12.8 Å². The van der Waals surface area contributed by atoms with Gasteiger partial charge in [-0.05, 0) is 18.4 Å². The van der Waals surface area contributed by atoms with Crippen LogP contribution in [0.3, 0.4) is 0 Å². The van der Waals surface area contributed by atoms with E-state index in [2.05, 4.69) is 0 Å². The van der Waals surface area contributed by atoms with Crippen molar-refractivity contribution in [3.63, 3.8) is 0 Å². The van der Waals surface area contributed by atoms with E-state index in [0.717, 1.165) is 4.90 Å². The molecule has 0 heterocycles. The molecule has 0 bridgehead atoms. The smallest absolute Gasteiger partial charge is 0.312 e. The van der Waals surface area contributed by atoms with Crippen molar-refractivity contribution < 1.29 is 15.0 Å². The number of phenols is 1. The van der Waals surface area contributed by atoms with E-state index in [4.69, 9.17) is 10.8 Å². The minimum absolute atomic E-state index is 0.0142. The maximum absolute atomic E-state index is 10.8. The fraction of sp³-hybridized carbons (Fsp3) is 0.300. The minimum Gasteiger partial charge on any atom is -0.508 e. The van der Waals surface area contributed by atoms with E-state index in [9.17, 15) is 9.90 Å². The van der Waals surface area contributed by atoms with Gasteiger partial charge in [0.05, 0.1) is 5.92 Å². The van der Waals surface area contributed by atoms with Crippen molar-refractivity contribution in [1.82, 2.24) is 0 Å². The highest BCUT2D eigenvalue weighted by Gasteiger charge is 2.21. The minimum atomic E-state index is -1.02. The van der Waals surface area contributed by atoms with Crippen LogP contribution in [0.5, 0.6) is 5.75 Å². The second-order valence-corrected chi connectivity index (χ2v) is 3.93. The fourth-order valence-electron chi connectivity index (χ4n) is 1.31. The van der Waals surface area contributed by atoms with Gasteiger partial charge >= 0.3 is 5.97 Å². The summed E-state index contributed by atoms with van der Waals surface area (Å²) in [6.45, 7) is -0.0263. The standard InChI is InChI=1S/C10H13NO3S/c1-15-6-2-3-7(9(12)4-6)8(5-11)10(13)14/h2-4,8,12H,5,11H2,1H3,(H,13,14). The summed E-state index contributed by atoms with van der Waals surface area (Å²) in [4.78, 5) is 11.7. The number of carboxylic acids is 1. The first kappa shape index (κ1) is 11.9. The van der Waals surface area contributed by atoms with Crippen LogP contribution in [0.4, 0.5) is 0 Å². The van der Waals surface area contributed by atoms with Crippen molar-refractivity contribution in [1.29, 1.82) is 0 Å². The highest BCUT2D eigenvalue weighted by atomic mass is 32.2. The van der Waals surface area contributed by atoms with Gasteiger partial charge < -0.3 is 15.9 Å². The average Bonchev–Trinajstić information content (AvgIpc) is 2.20. The Morgan fingerprint density at radius 2 is 2.27 bits per heavy atom. The van der Waals surface area contributed by atoms with Gasteiger partial charge in [-0.15, -0.1) is 11.8 Å². The number of carboxylic acid groups (broad SMARTS) is 1. The molecule has 1 atom stereocenters. The fourth-order valence-corrected chi connectivity index (χ4v) is 1.74. The van der Waals surface area contributed by atoms with Crippen LogP contribution < -0.4 is 5.73 Å². The number of aromatic hydroxyl groups is 1. The Morgan fingerprint density at radius 3 is 2.67 bits per heavy atom. The molecule has 1 rings (SSSR count). The molecule has 0 aliphatic heterocycles. The number of phenolic OH excluding ortho intramolecular Hbond substituents is 1. The second kappa shape index (κ2) is 5.04. The Labute approximate surface area is 92.1 Å². The maximum atomic E-state index is 10.8. The molecule has 82 valence electrons. The molecular formula is C10H13NO3S. The topological polar surface area (TPSA) is 83.6 Å². The number of aliphatic carboxylic acids is 1. The van der Waals surface area contributed by atoms with Gasteiger partial charge in [0.25, 0.3) is 0 Å². The van der Waals surface area contributed by atoms with Gasteiger partial charge in [0.1, 0.15) is 5.75 Å². The predicted molar refractivity (Wildman–Crippen MR) is 59.3 cm³/mol. The van der Waals surface area contributed by atoms with E-state index >= 15 is 0 Å². The summed E-state index contributed by atoms with van der Waals surface area (Å²) in [7, 11) is 0. The number of benzene rings is 1. The van der Waals surface area contributed by atoms with Gasteiger partial charge in [0, 0.05) is 17.0 Å². The van der Waals surface area contributed by atoms with Crippen LogP contribution >= 0.6 is 11.8 Å². The third-order valence-electron chi connectivity index (χ3n) is 2.15. The normalized spacial score (nSPS) is 12.4. The van der Waals surface area contributed by atoms with Gasteiger partial charge in [-0.2, -0.15) is 0 Å². The van der Waals surface area contributed by atoms with Crippen LogP contribution in [-0.2, 0) is 4.79 Å². The first-order valence-electron chi connectivity index (χ1n) is 4.40. The summed E-state index contributed by atoms with van der Waals surface area (Å²) in [6.07, 6.45) is 1.88. The predicted octanol–water partition coefficient (Wildman–Crippen LogP) is 1.24. The summed E-state index contributed by atoms with van der Waals surface area (Å²) in [6, 6.07) is 4.92. The lowest BCUT2D eigenvalue weighted by atomic mass is 9.98. The molecule has 1 aromatic rings.